The van der Waals surface area contributed by atoms with E-state index in [4.69, 9.17) is 20.9 Å². The summed E-state index contributed by atoms with van der Waals surface area (Å²) in [7, 11) is -1.27. The highest BCUT2D eigenvalue weighted by Gasteiger charge is 2.09. The predicted octanol–water partition coefficient (Wildman–Crippen LogP) is -0.569. The van der Waals surface area contributed by atoms with E-state index in [1.807, 2.05) is 0 Å². The molecular weight excluding hydrogens is 173 g/mol. The molecule has 0 aliphatic carbocycles. The number of carbonyl (C=O) groups is 1. The molecule has 0 aromatic rings. The van der Waals surface area contributed by atoms with Crippen LogP contribution in [0.2, 0.25) is 6.32 Å². The summed E-state index contributed by atoms with van der Waals surface area (Å²) in [5, 5.41) is 25.4. The predicted molar refractivity (Wildman–Crippen MR) is 49.1 cm³/mol. The molecule has 0 aliphatic heterocycles. The molecule has 6 heteroatoms. The number of hydrogen-bond donors (Lipinski definition) is 4. The molecule has 0 fully saturated rings. The fourth-order valence-corrected chi connectivity index (χ4v) is 1.06. The molecule has 0 radical (unpaired) electrons. The second kappa shape index (κ2) is 6.88. The van der Waals surface area contributed by atoms with Crippen LogP contribution in [0.15, 0.2) is 0 Å². The number of rotatable bonds is 7. The fraction of sp³-hybridized carbons (Fsp3) is 0.857. The lowest BCUT2D eigenvalue weighted by molar-refractivity contribution is -0.137. The molecule has 0 aromatic heterocycles. The highest BCUT2D eigenvalue weighted by molar-refractivity contribution is 6.40. The van der Waals surface area contributed by atoms with Gasteiger partial charge in [0, 0.05) is 6.04 Å². The maximum absolute atomic E-state index is 10.2. The largest absolute Gasteiger partial charge is 0.481 e. The van der Waals surface area contributed by atoms with Crippen molar-refractivity contribution in [2.75, 3.05) is 0 Å². The molecule has 0 amide bonds. The van der Waals surface area contributed by atoms with Crippen molar-refractivity contribution in [1.82, 2.24) is 0 Å². The average molecular weight is 189 g/mol. The first-order valence-corrected chi connectivity index (χ1v) is 4.36. The van der Waals surface area contributed by atoms with Crippen LogP contribution < -0.4 is 5.73 Å². The van der Waals surface area contributed by atoms with Gasteiger partial charge in [-0.25, -0.2) is 0 Å². The number of hydrogen-bond acceptors (Lipinski definition) is 4. The molecule has 76 valence electrons. The van der Waals surface area contributed by atoms with Crippen LogP contribution in [0.5, 0.6) is 0 Å². The Balaban J connectivity index is 3.26. The van der Waals surface area contributed by atoms with Crippen LogP contribution in [0.4, 0.5) is 0 Å². The topological polar surface area (TPSA) is 104 Å². The maximum atomic E-state index is 10.2. The van der Waals surface area contributed by atoms with Crippen LogP contribution in [-0.4, -0.2) is 34.3 Å². The van der Waals surface area contributed by atoms with E-state index in [1.54, 1.807) is 0 Å². The van der Waals surface area contributed by atoms with Gasteiger partial charge in [0.2, 0.25) is 0 Å². The van der Waals surface area contributed by atoms with Crippen LogP contribution in [0.3, 0.4) is 0 Å². The standard InChI is InChI=1S/C7H16BNO4/c9-6(5-7(10)11)3-1-2-4-8(12)13/h6,12-13H,1-5,9H2,(H,10,11). The van der Waals surface area contributed by atoms with E-state index in [0.717, 1.165) is 6.42 Å². The first kappa shape index (κ1) is 12.4. The van der Waals surface area contributed by atoms with Crippen LogP contribution in [0, 0.1) is 0 Å². The Kier molecular flexibility index (Phi) is 6.57. The van der Waals surface area contributed by atoms with Crippen molar-refractivity contribution < 1.29 is 19.9 Å². The molecular formula is C7H16BNO4. The summed E-state index contributed by atoms with van der Waals surface area (Å²) < 4.78 is 0. The van der Waals surface area contributed by atoms with Gasteiger partial charge in [-0.15, -0.1) is 0 Å². The second-order valence-corrected chi connectivity index (χ2v) is 3.12. The molecule has 0 aliphatic rings. The summed E-state index contributed by atoms with van der Waals surface area (Å²) >= 11 is 0. The van der Waals surface area contributed by atoms with E-state index in [9.17, 15) is 4.79 Å². The molecule has 0 aromatic carbocycles. The third-order valence-corrected chi connectivity index (χ3v) is 1.72. The Morgan fingerprint density at radius 1 is 1.38 bits per heavy atom. The van der Waals surface area contributed by atoms with E-state index in [2.05, 4.69) is 0 Å². The summed E-state index contributed by atoms with van der Waals surface area (Å²) in [5.74, 6) is -0.894. The zero-order chi connectivity index (χ0) is 10.3. The minimum Gasteiger partial charge on any atom is -0.481 e. The van der Waals surface area contributed by atoms with Crippen molar-refractivity contribution in [3.63, 3.8) is 0 Å². The normalized spacial score (nSPS) is 12.5. The van der Waals surface area contributed by atoms with E-state index < -0.39 is 13.1 Å². The van der Waals surface area contributed by atoms with Gasteiger partial charge in [-0.2, -0.15) is 0 Å². The molecule has 1 unspecified atom stereocenters. The van der Waals surface area contributed by atoms with Crippen LogP contribution >= 0.6 is 0 Å². The van der Waals surface area contributed by atoms with Gasteiger partial charge >= 0.3 is 13.1 Å². The quantitative estimate of drug-likeness (QED) is 0.317. The number of carboxylic acids is 1. The second-order valence-electron chi connectivity index (χ2n) is 3.12. The Hall–Kier alpha value is -0.585. The molecule has 13 heavy (non-hydrogen) atoms. The maximum Gasteiger partial charge on any atom is 0.451 e. The molecule has 0 saturated carbocycles. The molecule has 0 rings (SSSR count). The van der Waals surface area contributed by atoms with Gasteiger partial charge in [0.25, 0.3) is 0 Å². The number of unbranched alkanes of at least 4 members (excludes halogenated alkanes) is 1. The van der Waals surface area contributed by atoms with E-state index in [1.165, 1.54) is 0 Å². The molecule has 0 heterocycles. The van der Waals surface area contributed by atoms with Gasteiger partial charge in [-0.1, -0.05) is 12.8 Å². The van der Waals surface area contributed by atoms with Crippen molar-refractivity contribution in [2.45, 2.75) is 38.0 Å². The molecule has 1 atom stereocenters. The number of aliphatic carboxylic acids is 1. The van der Waals surface area contributed by atoms with E-state index >= 15 is 0 Å². The minimum absolute atomic E-state index is 0.0261. The Bertz CT molecular complexity index is 153. The molecule has 5 N–H and O–H groups in total. The number of nitrogens with two attached hydrogens (primary N) is 1. The SMILES string of the molecule is NC(CCCCB(O)O)CC(=O)O. The van der Waals surface area contributed by atoms with Gasteiger partial charge in [0.05, 0.1) is 6.42 Å². The van der Waals surface area contributed by atoms with E-state index in [0.29, 0.717) is 19.2 Å². The first-order chi connectivity index (χ1) is 6.02. The molecule has 5 nitrogen and oxygen atoms in total. The molecule has 0 saturated heterocycles. The zero-order valence-electron chi connectivity index (χ0n) is 7.52. The van der Waals surface area contributed by atoms with Crippen molar-refractivity contribution in [1.29, 1.82) is 0 Å². The van der Waals surface area contributed by atoms with Crippen molar-refractivity contribution in [3.8, 4) is 0 Å². The van der Waals surface area contributed by atoms with Gasteiger partial charge in [-0.3, -0.25) is 4.79 Å². The summed E-state index contributed by atoms with van der Waals surface area (Å²) in [6.07, 6.45) is 2.29. The Labute approximate surface area is 77.7 Å². The lowest BCUT2D eigenvalue weighted by atomic mass is 9.83. The average Bonchev–Trinajstić information content (AvgIpc) is 1.96. The van der Waals surface area contributed by atoms with Gasteiger partial charge < -0.3 is 20.9 Å². The third kappa shape index (κ3) is 9.33. The van der Waals surface area contributed by atoms with Gasteiger partial charge in [0.15, 0.2) is 0 Å². The summed E-state index contributed by atoms with van der Waals surface area (Å²) in [4.78, 5) is 10.2. The highest BCUT2D eigenvalue weighted by atomic mass is 16.4. The van der Waals surface area contributed by atoms with Gasteiger partial charge in [-0.05, 0) is 12.7 Å². The Morgan fingerprint density at radius 2 is 2.00 bits per heavy atom. The van der Waals surface area contributed by atoms with Crippen molar-refractivity contribution in [2.24, 2.45) is 5.73 Å². The van der Waals surface area contributed by atoms with Gasteiger partial charge in [0.1, 0.15) is 0 Å². The number of carboxylic acid groups (broad SMARTS) is 1. The zero-order valence-corrected chi connectivity index (χ0v) is 7.52. The summed E-state index contributed by atoms with van der Waals surface area (Å²) in [5.41, 5.74) is 5.49. The smallest absolute Gasteiger partial charge is 0.451 e. The first-order valence-electron chi connectivity index (χ1n) is 4.36. The molecule has 0 spiro atoms. The lowest BCUT2D eigenvalue weighted by Gasteiger charge is -2.07. The monoisotopic (exact) mass is 189 g/mol. The molecule has 0 bridgehead atoms. The third-order valence-electron chi connectivity index (χ3n) is 1.72. The van der Waals surface area contributed by atoms with Crippen LogP contribution in [0.1, 0.15) is 25.7 Å². The Morgan fingerprint density at radius 3 is 2.46 bits per heavy atom. The van der Waals surface area contributed by atoms with Crippen LogP contribution in [-0.2, 0) is 4.79 Å². The van der Waals surface area contributed by atoms with Crippen molar-refractivity contribution >= 4 is 13.1 Å². The highest BCUT2D eigenvalue weighted by Crippen LogP contribution is 2.05. The summed E-state index contributed by atoms with van der Waals surface area (Å²) in [6, 6.07) is -0.326. The lowest BCUT2D eigenvalue weighted by Crippen LogP contribution is -2.23. The fourth-order valence-electron chi connectivity index (χ4n) is 1.06. The van der Waals surface area contributed by atoms with E-state index in [-0.39, 0.29) is 12.5 Å². The van der Waals surface area contributed by atoms with Crippen LogP contribution in [0.25, 0.3) is 0 Å². The minimum atomic E-state index is -1.27. The summed E-state index contributed by atoms with van der Waals surface area (Å²) in [6.45, 7) is 0. The van der Waals surface area contributed by atoms with Crippen molar-refractivity contribution in [3.05, 3.63) is 0 Å².